The van der Waals surface area contributed by atoms with E-state index in [4.69, 9.17) is 10.5 Å². The van der Waals surface area contributed by atoms with E-state index < -0.39 is 0 Å². The fourth-order valence-electron chi connectivity index (χ4n) is 2.21. The highest BCUT2D eigenvalue weighted by atomic mass is 16.5. The SMILES string of the molecule is COCC(C(C)C)n1nnnc1-c1cccc(N)c1C. The zero-order valence-corrected chi connectivity index (χ0v) is 12.4. The molecule has 2 rings (SSSR count). The molecule has 0 aliphatic rings. The smallest absolute Gasteiger partial charge is 0.182 e. The maximum atomic E-state index is 5.97. The third-order valence-corrected chi connectivity index (χ3v) is 3.53. The summed E-state index contributed by atoms with van der Waals surface area (Å²) in [7, 11) is 1.69. The van der Waals surface area contributed by atoms with Gasteiger partial charge in [-0.2, -0.15) is 0 Å². The lowest BCUT2D eigenvalue weighted by Gasteiger charge is -2.21. The molecule has 0 amide bonds. The van der Waals surface area contributed by atoms with Crippen molar-refractivity contribution in [3.8, 4) is 11.4 Å². The van der Waals surface area contributed by atoms with E-state index in [2.05, 4.69) is 29.4 Å². The number of ether oxygens (including phenoxy) is 1. The van der Waals surface area contributed by atoms with E-state index in [-0.39, 0.29) is 6.04 Å². The van der Waals surface area contributed by atoms with Gasteiger partial charge in [0.05, 0.1) is 12.6 Å². The molecule has 1 aromatic heterocycles. The Morgan fingerprint density at radius 1 is 1.35 bits per heavy atom. The summed E-state index contributed by atoms with van der Waals surface area (Å²) in [6.07, 6.45) is 0. The third kappa shape index (κ3) is 2.65. The Morgan fingerprint density at radius 2 is 2.10 bits per heavy atom. The molecule has 0 fully saturated rings. The summed E-state index contributed by atoms with van der Waals surface area (Å²) in [5.74, 6) is 1.09. The normalized spacial score (nSPS) is 12.8. The molecule has 1 unspecified atom stereocenters. The summed E-state index contributed by atoms with van der Waals surface area (Å²) < 4.78 is 7.12. The Labute approximate surface area is 118 Å². The molecule has 0 bridgehead atoms. The van der Waals surface area contributed by atoms with Gasteiger partial charge in [0.1, 0.15) is 0 Å². The highest BCUT2D eigenvalue weighted by molar-refractivity contribution is 5.67. The highest BCUT2D eigenvalue weighted by Gasteiger charge is 2.22. The van der Waals surface area contributed by atoms with Crippen LogP contribution < -0.4 is 5.73 Å². The van der Waals surface area contributed by atoms with Crippen LogP contribution in [0.25, 0.3) is 11.4 Å². The standard InChI is InChI=1S/C14H21N5O/c1-9(2)13(8-20-4)19-14(16-17-18-19)11-6-5-7-12(15)10(11)3/h5-7,9,13H,8,15H2,1-4H3. The van der Waals surface area contributed by atoms with Crippen molar-refractivity contribution >= 4 is 5.69 Å². The van der Waals surface area contributed by atoms with Gasteiger partial charge in [-0.25, -0.2) is 4.68 Å². The molecular formula is C14H21N5O. The molecule has 20 heavy (non-hydrogen) atoms. The van der Waals surface area contributed by atoms with Crippen LogP contribution in [0.3, 0.4) is 0 Å². The number of aromatic nitrogens is 4. The second-order valence-electron chi connectivity index (χ2n) is 5.23. The van der Waals surface area contributed by atoms with Crippen LogP contribution >= 0.6 is 0 Å². The summed E-state index contributed by atoms with van der Waals surface area (Å²) in [5.41, 5.74) is 8.65. The van der Waals surface area contributed by atoms with Gasteiger partial charge in [0.2, 0.25) is 0 Å². The molecule has 2 aromatic rings. The molecule has 0 spiro atoms. The maximum Gasteiger partial charge on any atom is 0.182 e. The monoisotopic (exact) mass is 275 g/mol. The number of tetrazole rings is 1. The van der Waals surface area contributed by atoms with E-state index in [0.717, 1.165) is 22.6 Å². The number of hydrogen-bond acceptors (Lipinski definition) is 5. The van der Waals surface area contributed by atoms with Gasteiger partial charge < -0.3 is 10.5 Å². The molecule has 1 atom stereocenters. The van der Waals surface area contributed by atoms with Crippen molar-refractivity contribution < 1.29 is 4.74 Å². The molecule has 0 aliphatic carbocycles. The van der Waals surface area contributed by atoms with Gasteiger partial charge in [-0.1, -0.05) is 26.0 Å². The first-order chi connectivity index (χ1) is 9.56. The van der Waals surface area contributed by atoms with Crippen LogP contribution in [0.2, 0.25) is 0 Å². The first kappa shape index (κ1) is 14.5. The highest BCUT2D eigenvalue weighted by Crippen LogP contribution is 2.28. The second-order valence-corrected chi connectivity index (χ2v) is 5.23. The Bertz CT molecular complexity index is 579. The minimum atomic E-state index is 0.0887. The number of benzene rings is 1. The van der Waals surface area contributed by atoms with Crippen LogP contribution in [0.4, 0.5) is 5.69 Å². The van der Waals surface area contributed by atoms with Gasteiger partial charge in [-0.15, -0.1) is 5.10 Å². The molecule has 0 saturated heterocycles. The lowest BCUT2D eigenvalue weighted by molar-refractivity contribution is 0.126. The van der Waals surface area contributed by atoms with Gasteiger partial charge in [0.15, 0.2) is 5.82 Å². The zero-order chi connectivity index (χ0) is 14.7. The Kier molecular flexibility index (Phi) is 4.34. The predicted octanol–water partition coefficient (Wildman–Crippen LogP) is 2.07. The van der Waals surface area contributed by atoms with E-state index in [0.29, 0.717) is 12.5 Å². The predicted molar refractivity (Wildman–Crippen MR) is 78.2 cm³/mol. The number of nitrogens with two attached hydrogens (primary N) is 1. The van der Waals surface area contributed by atoms with Gasteiger partial charge >= 0.3 is 0 Å². The largest absolute Gasteiger partial charge is 0.398 e. The lowest BCUT2D eigenvalue weighted by Crippen LogP contribution is -2.22. The molecular weight excluding hydrogens is 254 g/mol. The van der Waals surface area contributed by atoms with Crippen molar-refractivity contribution in [2.75, 3.05) is 19.5 Å². The molecule has 108 valence electrons. The van der Waals surface area contributed by atoms with Crippen molar-refractivity contribution in [2.24, 2.45) is 5.92 Å². The fraction of sp³-hybridized carbons (Fsp3) is 0.500. The van der Waals surface area contributed by atoms with Gasteiger partial charge in [-0.3, -0.25) is 0 Å². The molecule has 1 aromatic carbocycles. The van der Waals surface area contributed by atoms with Crippen LogP contribution in [0.15, 0.2) is 18.2 Å². The summed E-state index contributed by atoms with van der Waals surface area (Å²) >= 11 is 0. The Morgan fingerprint density at radius 3 is 2.75 bits per heavy atom. The van der Waals surface area contributed by atoms with Gasteiger partial charge in [0, 0.05) is 18.4 Å². The van der Waals surface area contributed by atoms with Crippen molar-refractivity contribution in [1.82, 2.24) is 20.2 Å². The topological polar surface area (TPSA) is 78.8 Å². The van der Waals surface area contributed by atoms with E-state index in [1.54, 1.807) is 7.11 Å². The molecule has 2 N–H and O–H groups in total. The third-order valence-electron chi connectivity index (χ3n) is 3.53. The van der Waals surface area contributed by atoms with E-state index in [9.17, 15) is 0 Å². The van der Waals surface area contributed by atoms with Crippen LogP contribution in [-0.2, 0) is 4.74 Å². The van der Waals surface area contributed by atoms with Crippen molar-refractivity contribution in [2.45, 2.75) is 26.8 Å². The van der Waals surface area contributed by atoms with E-state index in [1.807, 2.05) is 29.8 Å². The molecule has 6 nitrogen and oxygen atoms in total. The van der Waals surface area contributed by atoms with Crippen molar-refractivity contribution in [3.05, 3.63) is 23.8 Å². The zero-order valence-electron chi connectivity index (χ0n) is 12.4. The number of anilines is 1. The van der Waals surface area contributed by atoms with Crippen molar-refractivity contribution in [1.29, 1.82) is 0 Å². The fourth-order valence-corrected chi connectivity index (χ4v) is 2.21. The average molecular weight is 275 g/mol. The van der Waals surface area contributed by atoms with Crippen LogP contribution in [0, 0.1) is 12.8 Å². The Balaban J connectivity index is 2.49. The summed E-state index contributed by atoms with van der Waals surface area (Å²) in [5, 5.41) is 12.1. The number of rotatable bonds is 5. The number of nitrogen functional groups attached to an aromatic ring is 1. The summed E-state index contributed by atoms with van der Waals surface area (Å²) in [6, 6.07) is 5.86. The molecule has 0 saturated carbocycles. The molecule has 1 heterocycles. The minimum absolute atomic E-state index is 0.0887. The van der Waals surface area contributed by atoms with Crippen LogP contribution in [0.1, 0.15) is 25.5 Å². The molecule has 0 aliphatic heterocycles. The number of methoxy groups -OCH3 is 1. The number of nitrogens with zero attached hydrogens (tertiary/aromatic N) is 4. The van der Waals surface area contributed by atoms with E-state index in [1.165, 1.54) is 0 Å². The maximum absolute atomic E-state index is 5.97. The van der Waals surface area contributed by atoms with Gasteiger partial charge in [0.25, 0.3) is 0 Å². The lowest BCUT2D eigenvalue weighted by atomic mass is 10.0. The molecule has 0 radical (unpaired) electrons. The number of hydrogen-bond donors (Lipinski definition) is 1. The minimum Gasteiger partial charge on any atom is -0.398 e. The van der Waals surface area contributed by atoms with Crippen molar-refractivity contribution in [3.63, 3.8) is 0 Å². The molecule has 6 heteroatoms. The Hall–Kier alpha value is -1.95. The first-order valence-corrected chi connectivity index (χ1v) is 6.68. The second kappa shape index (κ2) is 6.00. The first-order valence-electron chi connectivity index (χ1n) is 6.68. The van der Waals surface area contributed by atoms with E-state index >= 15 is 0 Å². The summed E-state index contributed by atoms with van der Waals surface area (Å²) in [6.45, 7) is 6.80. The quantitative estimate of drug-likeness (QED) is 0.845. The average Bonchev–Trinajstić information content (AvgIpc) is 2.87. The summed E-state index contributed by atoms with van der Waals surface area (Å²) in [4.78, 5) is 0. The van der Waals surface area contributed by atoms with Gasteiger partial charge in [-0.05, 0) is 34.9 Å². The van der Waals surface area contributed by atoms with Crippen LogP contribution in [0.5, 0.6) is 0 Å². The van der Waals surface area contributed by atoms with Crippen LogP contribution in [-0.4, -0.2) is 33.9 Å².